The molecule has 1 fully saturated rings. The summed E-state index contributed by atoms with van der Waals surface area (Å²) in [5.74, 6) is 1.69. The Morgan fingerprint density at radius 3 is 2.78 bits per heavy atom. The van der Waals surface area contributed by atoms with Gasteiger partial charge in [0.25, 0.3) is 5.91 Å². The van der Waals surface area contributed by atoms with Gasteiger partial charge in [-0.3, -0.25) is 9.69 Å². The maximum absolute atomic E-state index is 14.0. The lowest BCUT2D eigenvalue weighted by Gasteiger charge is -2.44. The number of aromatic amines is 1. The number of phenols is 1. The second-order valence-electron chi connectivity index (χ2n) is 10.2. The molecule has 0 spiro atoms. The number of nitrogens with one attached hydrogen (secondary N) is 1. The van der Waals surface area contributed by atoms with Gasteiger partial charge in [0.1, 0.15) is 22.9 Å². The lowest BCUT2D eigenvalue weighted by Crippen LogP contribution is -2.52. The number of H-pyrrole nitrogens is 1. The SMILES string of the molecule is C=C1N(CCCN(C)CCO)C(=O)[C@]2(C)Cc3c([nH]c4ccc(OCC)cc34)[C@@H](c3cccc(O)c3)N12. The van der Waals surface area contributed by atoms with Crippen molar-refractivity contribution >= 4 is 16.8 Å². The zero-order chi connectivity index (χ0) is 26.3. The van der Waals surface area contributed by atoms with Gasteiger partial charge >= 0.3 is 0 Å². The number of aromatic nitrogens is 1. The lowest BCUT2D eigenvalue weighted by atomic mass is 9.81. The van der Waals surface area contributed by atoms with Crippen molar-refractivity contribution in [2.24, 2.45) is 0 Å². The molecule has 3 N–H and O–H groups in total. The highest BCUT2D eigenvalue weighted by molar-refractivity contribution is 5.94. The number of nitrogens with zero attached hydrogens (tertiary/aromatic N) is 3. The first-order chi connectivity index (χ1) is 17.8. The zero-order valence-electron chi connectivity index (χ0n) is 21.8. The topological polar surface area (TPSA) is 92.3 Å². The highest BCUT2D eigenvalue weighted by Crippen LogP contribution is 2.51. The number of likely N-dealkylation sites (N-methyl/N-ethyl adjacent to an activating group) is 1. The van der Waals surface area contributed by atoms with Crippen LogP contribution in [0.15, 0.2) is 54.9 Å². The first-order valence-corrected chi connectivity index (χ1v) is 12.9. The summed E-state index contributed by atoms with van der Waals surface area (Å²) < 4.78 is 5.78. The van der Waals surface area contributed by atoms with E-state index in [1.54, 1.807) is 12.1 Å². The smallest absolute Gasteiger partial charge is 0.254 e. The van der Waals surface area contributed by atoms with Gasteiger partial charge in [0, 0.05) is 36.1 Å². The minimum Gasteiger partial charge on any atom is -0.508 e. The number of amides is 1. The van der Waals surface area contributed by atoms with E-state index in [2.05, 4.69) is 27.4 Å². The first-order valence-electron chi connectivity index (χ1n) is 12.9. The molecule has 1 amide bonds. The number of phenolic OH excluding ortho intramolecular Hbond substituents is 1. The van der Waals surface area contributed by atoms with Crippen LogP contribution in [-0.2, 0) is 11.2 Å². The summed E-state index contributed by atoms with van der Waals surface area (Å²) >= 11 is 0. The van der Waals surface area contributed by atoms with E-state index in [-0.39, 0.29) is 24.3 Å². The maximum atomic E-state index is 14.0. The zero-order valence-corrected chi connectivity index (χ0v) is 21.8. The van der Waals surface area contributed by atoms with E-state index < -0.39 is 5.54 Å². The molecule has 1 saturated heterocycles. The quantitative estimate of drug-likeness (QED) is 0.412. The van der Waals surface area contributed by atoms with Crippen LogP contribution in [0.3, 0.4) is 0 Å². The molecule has 2 atom stereocenters. The first kappa shape index (κ1) is 25.2. The number of hydrogen-bond donors (Lipinski definition) is 3. The van der Waals surface area contributed by atoms with E-state index in [1.165, 1.54) is 0 Å². The van der Waals surface area contributed by atoms with Gasteiger partial charge in [-0.1, -0.05) is 18.7 Å². The van der Waals surface area contributed by atoms with Gasteiger partial charge in [0.2, 0.25) is 0 Å². The molecule has 0 saturated carbocycles. The van der Waals surface area contributed by atoms with E-state index in [0.29, 0.717) is 31.9 Å². The van der Waals surface area contributed by atoms with Crippen LogP contribution in [0.5, 0.6) is 11.5 Å². The number of carbonyl (C=O) groups is 1. The normalized spacial score (nSPS) is 21.2. The largest absolute Gasteiger partial charge is 0.508 e. The fourth-order valence-electron chi connectivity index (χ4n) is 5.94. The van der Waals surface area contributed by atoms with Crippen LogP contribution >= 0.6 is 0 Å². The van der Waals surface area contributed by atoms with E-state index in [1.807, 2.05) is 50.1 Å². The van der Waals surface area contributed by atoms with Gasteiger partial charge in [-0.15, -0.1) is 0 Å². The van der Waals surface area contributed by atoms with Gasteiger partial charge in [0.05, 0.1) is 19.3 Å². The third kappa shape index (κ3) is 4.24. The van der Waals surface area contributed by atoms with Crippen LogP contribution in [0.25, 0.3) is 10.9 Å². The van der Waals surface area contributed by atoms with Crippen LogP contribution < -0.4 is 4.74 Å². The predicted octanol–water partition coefficient (Wildman–Crippen LogP) is 3.61. The van der Waals surface area contributed by atoms with Crippen molar-refractivity contribution in [3.63, 3.8) is 0 Å². The average Bonchev–Trinajstić information content (AvgIpc) is 3.30. The van der Waals surface area contributed by atoms with Gasteiger partial charge in [-0.05, 0) is 75.3 Å². The molecule has 0 bridgehead atoms. The third-order valence-corrected chi connectivity index (χ3v) is 7.69. The van der Waals surface area contributed by atoms with Crippen LogP contribution in [0.4, 0.5) is 0 Å². The number of aromatic hydroxyl groups is 1. The van der Waals surface area contributed by atoms with E-state index in [4.69, 9.17) is 4.74 Å². The summed E-state index contributed by atoms with van der Waals surface area (Å²) in [6.45, 7) is 11.0. The Hall–Kier alpha value is -3.49. The van der Waals surface area contributed by atoms with Crippen molar-refractivity contribution in [3.8, 4) is 11.5 Å². The van der Waals surface area contributed by atoms with Gasteiger partial charge in [-0.2, -0.15) is 0 Å². The molecule has 0 unspecified atom stereocenters. The number of ether oxygens (including phenoxy) is 1. The molecule has 3 heterocycles. The van der Waals surface area contributed by atoms with Crippen LogP contribution in [0, 0.1) is 0 Å². The summed E-state index contributed by atoms with van der Waals surface area (Å²) in [4.78, 5) is 23.7. The van der Waals surface area contributed by atoms with Crippen molar-refractivity contribution in [1.29, 1.82) is 0 Å². The molecule has 0 radical (unpaired) electrons. The second-order valence-corrected chi connectivity index (χ2v) is 10.2. The van der Waals surface area contributed by atoms with E-state index in [9.17, 15) is 15.0 Å². The van der Waals surface area contributed by atoms with Crippen LogP contribution in [0.2, 0.25) is 0 Å². The Bertz CT molecular complexity index is 1330. The third-order valence-electron chi connectivity index (χ3n) is 7.69. The number of aliphatic hydroxyl groups is 1. The fourth-order valence-corrected chi connectivity index (χ4v) is 5.94. The predicted molar refractivity (Wildman–Crippen MR) is 143 cm³/mol. The molecule has 37 heavy (non-hydrogen) atoms. The molecule has 2 aliphatic rings. The number of aliphatic hydroxyl groups excluding tert-OH is 1. The van der Waals surface area contributed by atoms with Crippen molar-refractivity contribution in [2.45, 2.75) is 38.3 Å². The molecule has 2 aromatic carbocycles. The Morgan fingerprint density at radius 1 is 1.24 bits per heavy atom. The Balaban J connectivity index is 1.58. The molecule has 0 aliphatic carbocycles. The molecule has 8 nitrogen and oxygen atoms in total. The second kappa shape index (κ2) is 9.76. The Labute approximate surface area is 217 Å². The van der Waals surface area contributed by atoms with Crippen molar-refractivity contribution in [3.05, 3.63) is 71.7 Å². The maximum Gasteiger partial charge on any atom is 0.254 e. The van der Waals surface area contributed by atoms with E-state index in [0.717, 1.165) is 46.4 Å². The summed E-state index contributed by atoms with van der Waals surface area (Å²) in [6, 6.07) is 13.0. The van der Waals surface area contributed by atoms with Gasteiger partial charge in [0.15, 0.2) is 0 Å². The van der Waals surface area contributed by atoms with Gasteiger partial charge < -0.3 is 29.7 Å². The van der Waals surface area contributed by atoms with Gasteiger partial charge in [-0.25, -0.2) is 0 Å². The fraction of sp³-hybridized carbons (Fsp3) is 0.414. The molecule has 5 rings (SSSR count). The van der Waals surface area contributed by atoms with Crippen molar-refractivity contribution in [1.82, 2.24) is 19.7 Å². The van der Waals surface area contributed by atoms with Crippen molar-refractivity contribution in [2.75, 3.05) is 39.9 Å². The number of benzene rings is 2. The summed E-state index contributed by atoms with van der Waals surface area (Å²) in [7, 11) is 1.97. The van der Waals surface area contributed by atoms with Crippen LogP contribution in [0.1, 0.15) is 43.1 Å². The number of carbonyl (C=O) groups excluding carboxylic acids is 1. The molecular weight excluding hydrogens is 468 g/mol. The molecular formula is C29H36N4O4. The van der Waals surface area contributed by atoms with E-state index >= 15 is 0 Å². The number of hydrogen-bond acceptors (Lipinski definition) is 6. The van der Waals surface area contributed by atoms with Crippen molar-refractivity contribution < 1.29 is 19.7 Å². The molecule has 3 aromatic rings. The summed E-state index contributed by atoms with van der Waals surface area (Å²) in [6.07, 6.45) is 1.31. The van der Waals surface area contributed by atoms with Crippen LogP contribution in [-0.4, -0.2) is 81.2 Å². The lowest BCUT2D eigenvalue weighted by molar-refractivity contribution is -0.133. The summed E-state index contributed by atoms with van der Waals surface area (Å²) in [5, 5.41) is 20.6. The molecule has 1 aromatic heterocycles. The Kier molecular flexibility index (Phi) is 6.64. The standard InChI is InChI=1S/C29H36N4O4/c1-5-37-22-10-11-25-23(17-22)24-18-29(3)28(36)32(13-7-12-31(4)14-15-34)19(2)33(29)27(26(24)30-25)20-8-6-9-21(35)16-20/h6,8-11,16-17,27,30,34-35H,2,5,7,12-15,18H2,1,3-4H3/t27-,29+/m1/s1. The minimum atomic E-state index is -0.825. The average molecular weight is 505 g/mol. The highest BCUT2D eigenvalue weighted by Gasteiger charge is 2.57. The Morgan fingerprint density at radius 2 is 2.05 bits per heavy atom. The molecule has 2 aliphatic heterocycles. The summed E-state index contributed by atoms with van der Waals surface area (Å²) in [5.41, 5.74) is 3.15. The number of fused-ring (bicyclic) bond motifs is 4. The minimum absolute atomic E-state index is 0.0356. The highest BCUT2D eigenvalue weighted by atomic mass is 16.5. The molecule has 196 valence electrons. The molecule has 8 heteroatoms. The number of rotatable bonds is 9. The monoisotopic (exact) mass is 504 g/mol.